The summed E-state index contributed by atoms with van der Waals surface area (Å²) in [5.74, 6) is 0.726. The molecule has 3 rings (SSSR count). The third-order valence-electron chi connectivity index (χ3n) is 4.21. The Morgan fingerprint density at radius 2 is 2.17 bits per heavy atom. The SMILES string of the molecule is CCn1ccnc1CN1CCn2nc(C(O)CS(C)(=O)=O)cc2C1. The van der Waals surface area contributed by atoms with Crippen LogP contribution in [0.15, 0.2) is 18.5 Å². The zero-order chi connectivity index (χ0) is 17.3. The summed E-state index contributed by atoms with van der Waals surface area (Å²) in [7, 11) is -3.25. The van der Waals surface area contributed by atoms with Crippen molar-refractivity contribution in [1.82, 2.24) is 24.2 Å². The first kappa shape index (κ1) is 17.1. The predicted octanol–water partition coefficient (Wildman–Crippen LogP) is 0.193. The molecule has 1 aliphatic rings. The van der Waals surface area contributed by atoms with Crippen LogP contribution >= 0.6 is 0 Å². The average molecular weight is 353 g/mol. The van der Waals surface area contributed by atoms with E-state index in [9.17, 15) is 13.5 Å². The van der Waals surface area contributed by atoms with Gasteiger partial charge in [0.15, 0.2) is 0 Å². The number of sulfone groups is 1. The van der Waals surface area contributed by atoms with Gasteiger partial charge in [-0.2, -0.15) is 5.10 Å². The molecule has 0 fully saturated rings. The normalized spacial score (nSPS) is 17.0. The number of aliphatic hydroxyl groups is 1. The number of fused-ring (bicyclic) bond motifs is 1. The van der Waals surface area contributed by atoms with Crippen molar-refractivity contribution in [2.45, 2.75) is 39.2 Å². The molecular weight excluding hydrogens is 330 g/mol. The van der Waals surface area contributed by atoms with Crippen LogP contribution in [-0.2, 0) is 36.0 Å². The van der Waals surface area contributed by atoms with Gasteiger partial charge in [0.25, 0.3) is 0 Å². The zero-order valence-electron chi connectivity index (χ0n) is 14.0. The topological polar surface area (TPSA) is 93.2 Å². The van der Waals surface area contributed by atoms with E-state index in [4.69, 9.17) is 0 Å². The smallest absolute Gasteiger partial charge is 0.150 e. The van der Waals surface area contributed by atoms with Crippen LogP contribution in [0.5, 0.6) is 0 Å². The first-order chi connectivity index (χ1) is 11.4. The molecule has 3 heterocycles. The van der Waals surface area contributed by atoms with Crippen LogP contribution in [0.1, 0.15) is 30.2 Å². The maximum Gasteiger partial charge on any atom is 0.150 e. The third kappa shape index (κ3) is 3.85. The molecule has 1 aliphatic heterocycles. The molecular formula is C15H23N5O3S. The van der Waals surface area contributed by atoms with Crippen molar-refractivity contribution in [3.63, 3.8) is 0 Å². The lowest BCUT2D eigenvalue weighted by Crippen LogP contribution is -2.34. The van der Waals surface area contributed by atoms with Crippen molar-refractivity contribution in [1.29, 1.82) is 0 Å². The summed E-state index contributed by atoms with van der Waals surface area (Å²) in [5, 5.41) is 14.4. The second-order valence-corrected chi connectivity index (χ2v) is 8.42. The molecule has 1 N–H and O–H groups in total. The molecule has 0 amide bonds. The fourth-order valence-electron chi connectivity index (χ4n) is 2.99. The maximum absolute atomic E-state index is 11.3. The van der Waals surface area contributed by atoms with Gasteiger partial charge in [0, 0.05) is 38.3 Å². The Hall–Kier alpha value is -1.71. The van der Waals surface area contributed by atoms with Gasteiger partial charge < -0.3 is 9.67 Å². The van der Waals surface area contributed by atoms with Crippen molar-refractivity contribution >= 4 is 9.84 Å². The third-order valence-corrected chi connectivity index (χ3v) is 5.13. The zero-order valence-corrected chi connectivity index (χ0v) is 14.8. The lowest BCUT2D eigenvalue weighted by atomic mass is 10.2. The van der Waals surface area contributed by atoms with E-state index < -0.39 is 15.9 Å². The number of aryl methyl sites for hydroxylation is 1. The Labute approximate surface area is 141 Å². The highest BCUT2D eigenvalue weighted by Crippen LogP contribution is 2.20. The number of aromatic nitrogens is 4. The van der Waals surface area contributed by atoms with E-state index >= 15 is 0 Å². The molecule has 132 valence electrons. The van der Waals surface area contributed by atoms with Crippen LogP contribution in [-0.4, -0.2) is 56.3 Å². The molecule has 1 unspecified atom stereocenters. The number of imidazole rings is 1. The molecule has 0 spiro atoms. The minimum atomic E-state index is -3.25. The Morgan fingerprint density at radius 3 is 2.88 bits per heavy atom. The highest BCUT2D eigenvalue weighted by atomic mass is 32.2. The van der Waals surface area contributed by atoms with Gasteiger partial charge in [-0.05, 0) is 13.0 Å². The summed E-state index contributed by atoms with van der Waals surface area (Å²) in [6.45, 7) is 6.00. The summed E-state index contributed by atoms with van der Waals surface area (Å²) < 4.78 is 26.6. The van der Waals surface area contributed by atoms with Crippen LogP contribution in [0.3, 0.4) is 0 Å². The van der Waals surface area contributed by atoms with Gasteiger partial charge >= 0.3 is 0 Å². The minimum Gasteiger partial charge on any atom is -0.386 e. The fourth-order valence-corrected chi connectivity index (χ4v) is 3.74. The summed E-state index contributed by atoms with van der Waals surface area (Å²) >= 11 is 0. The van der Waals surface area contributed by atoms with Gasteiger partial charge in [-0.25, -0.2) is 13.4 Å². The van der Waals surface area contributed by atoms with Crippen LogP contribution in [0.25, 0.3) is 0 Å². The van der Waals surface area contributed by atoms with E-state index in [2.05, 4.69) is 26.5 Å². The molecule has 2 aromatic rings. The van der Waals surface area contributed by atoms with Gasteiger partial charge in [-0.1, -0.05) is 0 Å². The molecule has 0 aliphatic carbocycles. The number of rotatable bonds is 6. The Bertz CT molecular complexity index is 811. The van der Waals surface area contributed by atoms with E-state index in [0.717, 1.165) is 37.4 Å². The Kier molecular flexibility index (Phi) is 4.75. The molecule has 9 heteroatoms. The van der Waals surface area contributed by atoms with Crippen molar-refractivity contribution in [2.24, 2.45) is 0 Å². The summed E-state index contributed by atoms with van der Waals surface area (Å²) in [6, 6.07) is 1.80. The first-order valence-corrected chi connectivity index (χ1v) is 10.1. The standard InChI is InChI=1S/C15H23N5O3S/c1-3-19-5-4-16-15(19)10-18-6-7-20-12(9-18)8-13(17-20)14(21)11-24(2,22)23/h4-5,8,14,21H,3,6-7,9-11H2,1-2H3. The summed E-state index contributed by atoms with van der Waals surface area (Å²) in [6.07, 6.45) is 3.82. The molecule has 0 saturated heterocycles. The lowest BCUT2D eigenvalue weighted by molar-refractivity contribution is 0.189. The van der Waals surface area contributed by atoms with Gasteiger partial charge in [0.1, 0.15) is 21.8 Å². The largest absolute Gasteiger partial charge is 0.386 e. The van der Waals surface area contributed by atoms with E-state index in [1.165, 1.54) is 0 Å². The molecule has 2 aromatic heterocycles. The fraction of sp³-hybridized carbons (Fsp3) is 0.600. The van der Waals surface area contributed by atoms with Crippen molar-refractivity contribution in [2.75, 3.05) is 18.6 Å². The minimum absolute atomic E-state index is 0.304. The van der Waals surface area contributed by atoms with Gasteiger partial charge in [0.05, 0.1) is 30.2 Å². The number of hydrogen-bond acceptors (Lipinski definition) is 6. The Morgan fingerprint density at radius 1 is 1.38 bits per heavy atom. The first-order valence-electron chi connectivity index (χ1n) is 8.00. The molecule has 0 bridgehead atoms. The quantitative estimate of drug-likeness (QED) is 0.797. The van der Waals surface area contributed by atoms with E-state index in [0.29, 0.717) is 18.8 Å². The van der Waals surface area contributed by atoms with E-state index in [1.54, 1.807) is 6.07 Å². The predicted molar refractivity (Wildman–Crippen MR) is 88.9 cm³/mol. The molecule has 8 nitrogen and oxygen atoms in total. The Balaban J connectivity index is 1.70. The second-order valence-electron chi connectivity index (χ2n) is 6.23. The van der Waals surface area contributed by atoms with Gasteiger partial charge in [0.2, 0.25) is 0 Å². The van der Waals surface area contributed by atoms with Crippen molar-refractivity contribution in [3.8, 4) is 0 Å². The van der Waals surface area contributed by atoms with E-state index in [1.807, 2.05) is 17.1 Å². The van der Waals surface area contributed by atoms with Crippen LogP contribution < -0.4 is 0 Å². The molecule has 0 radical (unpaired) electrons. The van der Waals surface area contributed by atoms with E-state index in [-0.39, 0.29) is 5.75 Å². The number of aliphatic hydroxyl groups excluding tert-OH is 1. The highest BCUT2D eigenvalue weighted by Gasteiger charge is 2.23. The summed E-state index contributed by atoms with van der Waals surface area (Å²) in [5.41, 5.74) is 1.41. The maximum atomic E-state index is 11.3. The van der Waals surface area contributed by atoms with Crippen LogP contribution in [0, 0.1) is 0 Å². The number of nitrogens with zero attached hydrogens (tertiary/aromatic N) is 5. The average Bonchev–Trinajstić information content (AvgIpc) is 3.11. The van der Waals surface area contributed by atoms with Gasteiger partial charge in [-0.3, -0.25) is 9.58 Å². The molecule has 0 aromatic carbocycles. The summed E-state index contributed by atoms with van der Waals surface area (Å²) in [4.78, 5) is 6.68. The monoisotopic (exact) mass is 353 g/mol. The van der Waals surface area contributed by atoms with Gasteiger partial charge in [-0.15, -0.1) is 0 Å². The second kappa shape index (κ2) is 6.66. The van der Waals surface area contributed by atoms with Crippen LogP contribution in [0.2, 0.25) is 0 Å². The highest BCUT2D eigenvalue weighted by molar-refractivity contribution is 7.90. The molecule has 1 atom stereocenters. The number of hydrogen-bond donors (Lipinski definition) is 1. The molecule has 24 heavy (non-hydrogen) atoms. The van der Waals surface area contributed by atoms with Crippen molar-refractivity contribution in [3.05, 3.63) is 35.7 Å². The van der Waals surface area contributed by atoms with Crippen LogP contribution in [0.4, 0.5) is 0 Å². The van der Waals surface area contributed by atoms with Crippen molar-refractivity contribution < 1.29 is 13.5 Å². The lowest BCUT2D eigenvalue weighted by Gasteiger charge is -2.27. The molecule has 0 saturated carbocycles.